The molecule has 4 N–H and O–H groups in total. The van der Waals surface area contributed by atoms with Gasteiger partial charge in [-0.3, -0.25) is 0 Å². The minimum absolute atomic E-state index is 0.0189. The molecule has 0 spiro atoms. The van der Waals surface area contributed by atoms with Crippen LogP contribution in [0.4, 0.5) is 24.5 Å². The van der Waals surface area contributed by atoms with E-state index in [0.717, 1.165) is 0 Å². The second-order valence-corrected chi connectivity index (χ2v) is 6.18. The van der Waals surface area contributed by atoms with E-state index in [2.05, 4.69) is 5.92 Å². The monoisotopic (exact) mass is 366 g/mol. The van der Waals surface area contributed by atoms with E-state index in [1.807, 2.05) is 0 Å². The van der Waals surface area contributed by atoms with Gasteiger partial charge in [0.25, 0.3) is 0 Å². The number of hydrogen-bond donors (Lipinski definition) is 2. The van der Waals surface area contributed by atoms with Gasteiger partial charge in [0.15, 0.2) is 0 Å². The second-order valence-electron chi connectivity index (χ2n) is 6.18. The number of halogens is 3. The van der Waals surface area contributed by atoms with Gasteiger partial charge in [0.1, 0.15) is 5.41 Å². The van der Waals surface area contributed by atoms with Crippen molar-refractivity contribution in [3.63, 3.8) is 0 Å². The molecular formula is C22H17F3N2. The molecular weight excluding hydrogens is 349 g/mol. The molecule has 5 heteroatoms. The predicted molar refractivity (Wildman–Crippen MR) is 102 cm³/mol. The molecule has 0 radical (unpaired) electrons. The van der Waals surface area contributed by atoms with Crippen molar-refractivity contribution in [3.05, 3.63) is 95.1 Å². The highest BCUT2D eigenvalue weighted by molar-refractivity contribution is 5.60. The molecule has 0 aliphatic carbocycles. The zero-order valence-electron chi connectivity index (χ0n) is 14.3. The SMILES string of the molecule is C#Cc1ccccc1C(c1ccc(N)cc1)(c1ccc(N)cc1)C(F)(F)F. The Morgan fingerprint density at radius 2 is 1.15 bits per heavy atom. The molecule has 0 heterocycles. The maximum Gasteiger partial charge on any atom is 0.406 e. The lowest BCUT2D eigenvalue weighted by Crippen LogP contribution is -2.45. The van der Waals surface area contributed by atoms with Gasteiger partial charge in [-0.25, -0.2) is 0 Å². The van der Waals surface area contributed by atoms with Crippen molar-refractivity contribution < 1.29 is 13.2 Å². The summed E-state index contributed by atoms with van der Waals surface area (Å²) < 4.78 is 44.5. The second kappa shape index (κ2) is 6.73. The van der Waals surface area contributed by atoms with E-state index >= 15 is 0 Å². The first-order valence-electron chi connectivity index (χ1n) is 8.15. The Balaban J connectivity index is 2.48. The molecule has 136 valence electrons. The maximum atomic E-state index is 14.8. The first-order valence-corrected chi connectivity index (χ1v) is 8.15. The van der Waals surface area contributed by atoms with Crippen molar-refractivity contribution >= 4 is 11.4 Å². The van der Waals surface area contributed by atoms with E-state index in [0.29, 0.717) is 11.4 Å². The largest absolute Gasteiger partial charge is 0.406 e. The van der Waals surface area contributed by atoms with Crippen LogP contribution in [0.1, 0.15) is 22.3 Å². The van der Waals surface area contributed by atoms with Gasteiger partial charge >= 0.3 is 6.18 Å². The Morgan fingerprint density at radius 1 is 0.704 bits per heavy atom. The van der Waals surface area contributed by atoms with Gasteiger partial charge in [-0.2, -0.15) is 13.2 Å². The topological polar surface area (TPSA) is 52.0 Å². The maximum absolute atomic E-state index is 14.8. The van der Waals surface area contributed by atoms with Crippen LogP contribution in [0.25, 0.3) is 0 Å². The lowest BCUT2D eigenvalue weighted by Gasteiger charge is -2.38. The van der Waals surface area contributed by atoms with Gasteiger partial charge in [-0.15, -0.1) is 6.42 Å². The summed E-state index contributed by atoms with van der Waals surface area (Å²) >= 11 is 0. The fraction of sp³-hybridized carbons (Fsp3) is 0.0909. The molecule has 3 aromatic rings. The van der Waals surface area contributed by atoms with Crippen molar-refractivity contribution in [1.29, 1.82) is 0 Å². The van der Waals surface area contributed by atoms with Crippen LogP contribution in [0.3, 0.4) is 0 Å². The molecule has 0 saturated carbocycles. The Bertz CT molecular complexity index is 936. The van der Waals surface area contributed by atoms with Crippen molar-refractivity contribution in [3.8, 4) is 12.3 Å². The fourth-order valence-electron chi connectivity index (χ4n) is 3.36. The molecule has 3 rings (SSSR count). The molecule has 0 aliphatic heterocycles. The summed E-state index contributed by atoms with van der Waals surface area (Å²) in [6.07, 6.45) is 0.863. The molecule has 0 unspecified atom stereocenters. The first-order chi connectivity index (χ1) is 12.8. The fourth-order valence-corrected chi connectivity index (χ4v) is 3.36. The summed E-state index contributed by atoms with van der Waals surface area (Å²) in [4.78, 5) is 0. The van der Waals surface area contributed by atoms with Crippen LogP contribution in [0, 0.1) is 12.3 Å². The van der Waals surface area contributed by atoms with Crippen molar-refractivity contribution in [1.82, 2.24) is 0 Å². The molecule has 0 aromatic heterocycles. The minimum Gasteiger partial charge on any atom is -0.399 e. The number of anilines is 2. The summed E-state index contributed by atoms with van der Waals surface area (Å²) in [6, 6.07) is 17.4. The van der Waals surface area contributed by atoms with Crippen LogP contribution in [0.5, 0.6) is 0 Å². The van der Waals surface area contributed by atoms with Gasteiger partial charge < -0.3 is 11.5 Å². The number of hydrogen-bond acceptors (Lipinski definition) is 2. The molecule has 0 aliphatic rings. The number of terminal acetylenes is 1. The zero-order chi connectivity index (χ0) is 19.7. The van der Waals surface area contributed by atoms with Gasteiger partial charge in [0, 0.05) is 16.9 Å². The van der Waals surface area contributed by atoms with Gasteiger partial charge in [-0.05, 0) is 47.0 Å². The molecule has 27 heavy (non-hydrogen) atoms. The summed E-state index contributed by atoms with van der Waals surface area (Å²) in [5.41, 5.74) is 9.89. The third kappa shape index (κ3) is 3.00. The molecule has 0 bridgehead atoms. The van der Waals surface area contributed by atoms with Gasteiger partial charge in [0.2, 0.25) is 0 Å². The van der Waals surface area contributed by atoms with E-state index in [1.54, 1.807) is 12.1 Å². The van der Waals surface area contributed by atoms with Crippen LogP contribution in [0.15, 0.2) is 72.8 Å². The Hall–Kier alpha value is -3.39. The standard InChI is InChI=1S/C22H17F3N2/c1-2-15-5-3-4-6-20(15)21(22(23,24)25,16-7-11-18(26)12-8-16)17-9-13-19(27)14-10-17/h1,3-14H,26-27H2. The molecule has 0 saturated heterocycles. The van der Waals surface area contributed by atoms with E-state index < -0.39 is 11.6 Å². The molecule has 0 fully saturated rings. The summed E-state index contributed by atoms with van der Waals surface area (Å²) in [5.74, 6) is 2.39. The van der Waals surface area contributed by atoms with Gasteiger partial charge in [0.05, 0.1) is 0 Å². The number of nitrogens with two attached hydrogens (primary N) is 2. The number of rotatable bonds is 3. The molecule has 0 atom stereocenters. The third-order valence-corrected chi connectivity index (χ3v) is 4.60. The summed E-state index contributed by atoms with van der Waals surface area (Å²) in [5, 5.41) is 0. The van der Waals surface area contributed by atoms with E-state index in [-0.39, 0.29) is 22.3 Å². The first kappa shape index (κ1) is 18.4. The van der Waals surface area contributed by atoms with Crippen molar-refractivity contribution in [2.24, 2.45) is 0 Å². The minimum atomic E-state index is -4.67. The molecule has 0 amide bonds. The Kier molecular flexibility index (Phi) is 4.59. The average molecular weight is 366 g/mol. The van der Waals surface area contributed by atoms with Crippen LogP contribution in [-0.4, -0.2) is 6.18 Å². The summed E-state index contributed by atoms with van der Waals surface area (Å²) in [6.45, 7) is 0. The van der Waals surface area contributed by atoms with Crippen LogP contribution < -0.4 is 11.5 Å². The smallest absolute Gasteiger partial charge is 0.399 e. The van der Waals surface area contributed by atoms with Gasteiger partial charge in [-0.1, -0.05) is 48.4 Å². The highest BCUT2D eigenvalue weighted by Crippen LogP contribution is 2.52. The number of nitrogen functional groups attached to an aromatic ring is 2. The third-order valence-electron chi connectivity index (χ3n) is 4.60. The van der Waals surface area contributed by atoms with E-state index in [9.17, 15) is 13.2 Å². The summed E-state index contributed by atoms with van der Waals surface area (Å²) in [7, 11) is 0. The normalized spacial score (nSPS) is 11.8. The highest BCUT2D eigenvalue weighted by atomic mass is 19.4. The van der Waals surface area contributed by atoms with Crippen molar-refractivity contribution in [2.45, 2.75) is 11.6 Å². The Morgan fingerprint density at radius 3 is 1.56 bits per heavy atom. The number of alkyl halides is 3. The highest BCUT2D eigenvalue weighted by Gasteiger charge is 2.59. The molecule has 2 nitrogen and oxygen atoms in total. The lowest BCUT2D eigenvalue weighted by molar-refractivity contribution is -0.166. The quantitative estimate of drug-likeness (QED) is 0.400. The van der Waals surface area contributed by atoms with Crippen LogP contribution >= 0.6 is 0 Å². The number of benzene rings is 3. The van der Waals surface area contributed by atoms with Crippen LogP contribution in [0.2, 0.25) is 0 Å². The predicted octanol–water partition coefficient (Wildman–Crippen LogP) is 4.73. The zero-order valence-corrected chi connectivity index (χ0v) is 14.3. The average Bonchev–Trinajstić information content (AvgIpc) is 2.64. The van der Waals surface area contributed by atoms with Crippen molar-refractivity contribution in [2.75, 3.05) is 11.5 Å². The van der Waals surface area contributed by atoms with E-state index in [4.69, 9.17) is 17.9 Å². The molecule has 3 aromatic carbocycles. The van der Waals surface area contributed by atoms with E-state index in [1.165, 1.54) is 60.7 Å². The Labute approximate surface area is 155 Å². The lowest BCUT2D eigenvalue weighted by atomic mass is 9.67. The van der Waals surface area contributed by atoms with Crippen LogP contribution in [-0.2, 0) is 5.41 Å².